The van der Waals surface area contributed by atoms with Crippen LogP contribution in [0.25, 0.3) is 0 Å². The van der Waals surface area contributed by atoms with Crippen LogP contribution in [0.5, 0.6) is 5.75 Å². The van der Waals surface area contributed by atoms with Gasteiger partial charge >= 0.3 is 0 Å². The van der Waals surface area contributed by atoms with Gasteiger partial charge in [0, 0.05) is 22.8 Å². The Hall–Kier alpha value is -1.92. The summed E-state index contributed by atoms with van der Waals surface area (Å²) >= 11 is 7.41. The van der Waals surface area contributed by atoms with Crippen molar-refractivity contribution in [2.45, 2.75) is 9.92 Å². The molecule has 1 aromatic carbocycles. The predicted octanol–water partition coefficient (Wildman–Crippen LogP) is 2.80. The molecule has 1 aliphatic rings. The van der Waals surface area contributed by atoms with Gasteiger partial charge in [0.15, 0.2) is 6.61 Å². The smallest absolute Gasteiger partial charge is 0.262 e. The molecule has 1 amide bonds. The first kappa shape index (κ1) is 13.1. The minimum Gasteiger partial charge on any atom is -0.482 e. The van der Waals surface area contributed by atoms with Gasteiger partial charge in [-0.25, -0.2) is 4.98 Å². The third kappa shape index (κ3) is 2.52. The van der Waals surface area contributed by atoms with Crippen LogP contribution >= 0.6 is 23.4 Å². The Labute approximate surface area is 124 Å². The van der Waals surface area contributed by atoms with Gasteiger partial charge in [-0.2, -0.15) is 0 Å². The normalized spacial score (nSPS) is 13.3. The highest BCUT2D eigenvalue weighted by molar-refractivity contribution is 7.99. The number of benzene rings is 1. The number of pyridine rings is 1. The number of nitrogen functional groups attached to an aromatic ring is 1. The third-order valence-corrected chi connectivity index (χ3v) is 4.19. The van der Waals surface area contributed by atoms with Gasteiger partial charge < -0.3 is 15.8 Å². The number of amides is 1. The number of halogens is 1. The van der Waals surface area contributed by atoms with Crippen molar-refractivity contribution in [3.8, 4) is 5.75 Å². The zero-order chi connectivity index (χ0) is 14.1. The number of fused-ring (bicyclic) bond motifs is 1. The molecule has 1 aliphatic heterocycles. The van der Waals surface area contributed by atoms with E-state index >= 15 is 0 Å². The monoisotopic (exact) mass is 307 g/mol. The summed E-state index contributed by atoms with van der Waals surface area (Å²) in [5.74, 6) is 0.382. The lowest BCUT2D eigenvalue weighted by molar-refractivity contribution is -0.118. The summed E-state index contributed by atoms with van der Waals surface area (Å²) in [6, 6.07) is 6.97. The molecule has 1 aromatic heterocycles. The molecule has 0 unspecified atom stereocenters. The Morgan fingerprint density at radius 1 is 1.45 bits per heavy atom. The number of nitrogens with one attached hydrogen (secondary N) is 1. The van der Waals surface area contributed by atoms with E-state index in [1.165, 1.54) is 11.8 Å². The van der Waals surface area contributed by atoms with E-state index in [1.807, 2.05) is 0 Å². The lowest BCUT2D eigenvalue weighted by atomic mass is 10.2. The fourth-order valence-electron chi connectivity index (χ4n) is 1.76. The van der Waals surface area contributed by atoms with Crippen LogP contribution in [-0.4, -0.2) is 17.5 Å². The number of rotatable bonds is 2. The van der Waals surface area contributed by atoms with Crippen LogP contribution in [0.1, 0.15) is 0 Å². The first-order valence-corrected chi connectivity index (χ1v) is 6.97. The molecule has 0 spiro atoms. The molecule has 7 heteroatoms. The van der Waals surface area contributed by atoms with Gasteiger partial charge in [-0.05, 0) is 18.2 Å². The number of aromatic nitrogens is 1. The van der Waals surface area contributed by atoms with E-state index in [0.717, 1.165) is 4.90 Å². The molecule has 3 N–H and O–H groups in total. The second-order valence-electron chi connectivity index (χ2n) is 4.12. The van der Waals surface area contributed by atoms with E-state index in [4.69, 9.17) is 22.1 Å². The summed E-state index contributed by atoms with van der Waals surface area (Å²) < 4.78 is 5.30. The molecule has 5 nitrogen and oxygen atoms in total. The average molecular weight is 308 g/mol. The minimum absolute atomic E-state index is 0.00496. The molecule has 0 radical (unpaired) electrons. The van der Waals surface area contributed by atoms with Crippen molar-refractivity contribution in [2.24, 2.45) is 0 Å². The van der Waals surface area contributed by atoms with Gasteiger partial charge in [0.05, 0.1) is 10.7 Å². The maximum atomic E-state index is 11.3. The zero-order valence-corrected chi connectivity index (χ0v) is 11.8. The summed E-state index contributed by atoms with van der Waals surface area (Å²) in [7, 11) is 0. The number of anilines is 2. The quantitative estimate of drug-likeness (QED) is 0.834. The van der Waals surface area contributed by atoms with Crippen molar-refractivity contribution >= 4 is 40.6 Å². The number of carbonyl (C=O) groups is 1. The van der Waals surface area contributed by atoms with Crippen molar-refractivity contribution in [3.05, 3.63) is 35.5 Å². The number of hydrogen-bond donors (Lipinski definition) is 2. The summed E-state index contributed by atoms with van der Waals surface area (Å²) in [6.07, 6.45) is 1.66. The van der Waals surface area contributed by atoms with E-state index in [9.17, 15) is 4.79 Å². The number of hydrogen-bond acceptors (Lipinski definition) is 5. The first-order chi connectivity index (χ1) is 9.63. The topological polar surface area (TPSA) is 77.2 Å². The van der Waals surface area contributed by atoms with E-state index in [0.29, 0.717) is 27.2 Å². The van der Waals surface area contributed by atoms with Crippen molar-refractivity contribution in [1.29, 1.82) is 0 Å². The summed E-state index contributed by atoms with van der Waals surface area (Å²) in [4.78, 5) is 16.3. The van der Waals surface area contributed by atoms with Crippen LogP contribution in [0.3, 0.4) is 0 Å². The standard InChI is InChI=1S/C13H10ClN3O2S/c14-7-2-1-3-16-13(7)20-11-5-9-10(4-8(11)15)19-6-12(18)17-9/h1-5H,6,15H2,(H,17,18). The van der Waals surface area contributed by atoms with Crippen molar-refractivity contribution in [3.63, 3.8) is 0 Å². The van der Waals surface area contributed by atoms with Crippen LogP contribution in [0, 0.1) is 0 Å². The van der Waals surface area contributed by atoms with E-state index in [1.54, 1.807) is 30.5 Å². The Balaban J connectivity index is 1.96. The first-order valence-electron chi connectivity index (χ1n) is 5.78. The molecule has 20 heavy (non-hydrogen) atoms. The highest BCUT2D eigenvalue weighted by Gasteiger charge is 2.18. The highest BCUT2D eigenvalue weighted by atomic mass is 35.5. The molecule has 2 heterocycles. The fourth-order valence-corrected chi connectivity index (χ4v) is 2.84. The summed E-state index contributed by atoms with van der Waals surface area (Å²) in [5.41, 5.74) is 7.14. The van der Waals surface area contributed by atoms with Gasteiger partial charge in [0.2, 0.25) is 0 Å². The Kier molecular flexibility index (Phi) is 3.42. The molecular weight excluding hydrogens is 298 g/mol. The predicted molar refractivity (Wildman–Crippen MR) is 78.3 cm³/mol. The van der Waals surface area contributed by atoms with Gasteiger partial charge in [-0.1, -0.05) is 23.4 Å². The van der Waals surface area contributed by atoms with Crippen molar-refractivity contribution in [2.75, 3.05) is 17.7 Å². The number of nitrogens with zero attached hydrogens (tertiary/aromatic N) is 1. The minimum atomic E-state index is -0.186. The number of carbonyl (C=O) groups excluding carboxylic acids is 1. The van der Waals surface area contributed by atoms with Crippen LogP contribution in [0.2, 0.25) is 5.02 Å². The maximum absolute atomic E-state index is 11.3. The Bertz CT molecular complexity index is 693. The number of nitrogens with two attached hydrogens (primary N) is 1. The van der Waals surface area contributed by atoms with Crippen LogP contribution < -0.4 is 15.8 Å². The zero-order valence-electron chi connectivity index (χ0n) is 10.2. The van der Waals surface area contributed by atoms with E-state index in [-0.39, 0.29) is 12.5 Å². The third-order valence-electron chi connectivity index (χ3n) is 2.68. The molecule has 0 aliphatic carbocycles. The van der Waals surface area contributed by atoms with Crippen LogP contribution in [0.15, 0.2) is 40.4 Å². The summed E-state index contributed by atoms with van der Waals surface area (Å²) in [6.45, 7) is 0.00496. The molecule has 0 bridgehead atoms. The SMILES string of the molecule is Nc1cc2c(cc1Sc1ncccc1Cl)NC(=O)CO2. The molecule has 3 rings (SSSR count). The summed E-state index contributed by atoms with van der Waals surface area (Å²) in [5, 5.41) is 3.95. The molecule has 102 valence electrons. The lowest BCUT2D eigenvalue weighted by Gasteiger charge is -2.19. The van der Waals surface area contributed by atoms with Gasteiger partial charge in [0.1, 0.15) is 10.8 Å². The highest BCUT2D eigenvalue weighted by Crippen LogP contribution is 2.40. The van der Waals surface area contributed by atoms with Gasteiger partial charge in [-0.3, -0.25) is 4.79 Å². The Morgan fingerprint density at radius 3 is 3.10 bits per heavy atom. The molecule has 2 aromatic rings. The average Bonchev–Trinajstić information content (AvgIpc) is 2.42. The van der Waals surface area contributed by atoms with Gasteiger partial charge in [0.25, 0.3) is 5.91 Å². The largest absolute Gasteiger partial charge is 0.482 e. The second kappa shape index (κ2) is 5.22. The molecule has 0 atom stereocenters. The van der Waals surface area contributed by atoms with Gasteiger partial charge in [-0.15, -0.1) is 0 Å². The van der Waals surface area contributed by atoms with E-state index in [2.05, 4.69) is 10.3 Å². The van der Waals surface area contributed by atoms with E-state index < -0.39 is 0 Å². The molecule has 0 saturated heterocycles. The molecule has 0 fully saturated rings. The second-order valence-corrected chi connectivity index (χ2v) is 5.55. The van der Waals surface area contributed by atoms with Crippen LogP contribution in [0.4, 0.5) is 11.4 Å². The molecular formula is C13H10ClN3O2S. The Morgan fingerprint density at radius 2 is 2.30 bits per heavy atom. The van der Waals surface area contributed by atoms with Crippen molar-refractivity contribution < 1.29 is 9.53 Å². The van der Waals surface area contributed by atoms with Crippen LogP contribution in [-0.2, 0) is 4.79 Å². The maximum Gasteiger partial charge on any atom is 0.262 e. The molecule has 0 saturated carbocycles. The fraction of sp³-hybridized carbons (Fsp3) is 0.0769. The lowest BCUT2D eigenvalue weighted by Crippen LogP contribution is -2.25. The van der Waals surface area contributed by atoms with Crippen molar-refractivity contribution in [1.82, 2.24) is 4.98 Å². The number of ether oxygens (including phenoxy) is 1.